The van der Waals surface area contributed by atoms with Gasteiger partial charge in [-0.05, 0) is 17.7 Å². The lowest BCUT2D eigenvalue weighted by atomic mass is 10.1. The van der Waals surface area contributed by atoms with Crippen molar-refractivity contribution in [2.75, 3.05) is 13.7 Å². The quantitative estimate of drug-likeness (QED) is 0.766. The number of rotatable bonds is 3. The van der Waals surface area contributed by atoms with Crippen molar-refractivity contribution in [2.45, 2.75) is 6.04 Å². The predicted molar refractivity (Wildman–Crippen MR) is 54.9 cm³/mol. The summed E-state index contributed by atoms with van der Waals surface area (Å²) in [5.74, 6) is 0. The summed E-state index contributed by atoms with van der Waals surface area (Å²) in [6.45, 7) is 0.512. The third-order valence-corrected chi connectivity index (χ3v) is 2.20. The molecule has 74 valence electrons. The van der Waals surface area contributed by atoms with Crippen LogP contribution in [-0.4, -0.2) is 23.7 Å². The molecule has 0 aromatic carbocycles. The highest BCUT2D eigenvalue weighted by molar-refractivity contribution is 5.75. The summed E-state index contributed by atoms with van der Waals surface area (Å²) in [5, 5.41) is 1.08. The van der Waals surface area contributed by atoms with Crippen molar-refractivity contribution < 1.29 is 4.74 Å². The number of fused-ring (bicyclic) bond motifs is 1. The predicted octanol–water partition coefficient (Wildman–Crippen LogP) is 1.21. The minimum absolute atomic E-state index is 0.105. The van der Waals surface area contributed by atoms with Gasteiger partial charge in [0.1, 0.15) is 5.65 Å². The number of nitrogens with two attached hydrogens (primary N) is 1. The summed E-state index contributed by atoms with van der Waals surface area (Å²) in [6.07, 6.45) is 3.64. The van der Waals surface area contributed by atoms with Crippen LogP contribution in [0.15, 0.2) is 24.5 Å². The summed E-state index contributed by atoms with van der Waals surface area (Å²) < 4.78 is 4.99. The molecule has 4 heteroatoms. The SMILES string of the molecule is COC[C@@H](N)c1cnc2[nH]ccc2c1. The first kappa shape index (κ1) is 9.18. The van der Waals surface area contributed by atoms with Gasteiger partial charge in [-0.25, -0.2) is 4.98 Å². The lowest BCUT2D eigenvalue weighted by Gasteiger charge is -2.09. The summed E-state index contributed by atoms with van der Waals surface area (Å²) in [6, 6.07) is 3.90. The second kappa shape index (κ2) is 3.77. The first-order valence-electron chi connectivity index (χ1n) is 4.49. The van der Waals surface area contributed by atoms with E-state index in [2.05, 4.69) is 9.97 Å². The largest absolute Gasteiger partial charge is 0.383 e. The third kappa shape index (κ3) is 1.62. The monoisotopic (exact) mass is 191 g/mol. The van der Waals surface area contributed by atoms with Gasteiger partial charge >= 0.3 is 0 Å². The van der Waals surface area contributed by atoms with Gasteiger partial charge in [0.2, 0.25) is 0 Å². The van der Waals surface area contributed by atoms with E-state index in [1.165, 1.54) is 0 Å². The zero-order chi connectivity index (χ0) is 9.97. The van der Waals surface area contributed by atoms with Crippen LogP contribution in [0.4, 0.5) is 0 Å². The standard InChI is InChI=1S/C10H13N3O/c1-14-6-9(11)8-4-7-2-3-12-10(7)13-5-8/h2-5,9H,6,11H2,1H3,(H,12,13)/t9-/m1/s1. The van der Waals surface area contributed by atoms with Crippen LogP contribution < -0.4 is 5.73 Å². The van der Waals surface area contributed by atoms with E-state index in [1.807, 2.05) is 18.3 Å². The molecule has 0 bridgehead atoms. The molecular weight excluding hydrogens is 178 g/mol. The Hall–Kier alpha value is -1.39. The third-order valence-electron chi connectivity index (χ3n) is 2.20. The van der Waals surface area contributed by atoms with Crippen LogP contribution in [0.25, 0.3) is 11.0 Å². The molecule has 0 unspecified atom stereocenters. The number of hydrogen-bond acceptors (Lipinski definition) is 3. The molecule has 3 N–H and O–H groups in total. The van der Waals surface area contributed by atoms with Crippen LogP contribution in [0.1, 0.15) is 11.6 Å². The zero-order valence-corrected chi connectivity index (χ0v) is 8.03. The van der Waals surface area contributed by atoms with Crippen LogP contribution in [0.5, 0.6) is 0 Å². The van der Waals surface area contributed by atoms with E-state index in [4.69, 9.17) is 10.5 Å². The molecule has 0 aliphatic heterocycles. The number of nitrogens with zero attached hydrogens (tertiary/aromatic N) is 1. The highest BCUT2D eigenvalue weighted by Crippen LogP contribution is 2.15. The fourth-order valence-electron chi connectivity index (χ4n) is 1.44. The van der Waals surface area contributed by atoms with Crippen molar-refractivity contribution in [3.8, 4) is 0 Å². The summed E-state index contributed by atoms with van der Waals surface area (Å²) in [4.78, 5) is 7.29. The average Bonchev–Trinajstić information content (AvgIpc) is 2.64. The number of H-pyrrole nitrogens is 1. The van der Waals surface area contributed by atoms with Crippen molar-refractivity contribution in [3.05, 3.63) is 30.1 Å². The minimum Gasteiger partial charge on any atom is -0.383 e. The minimum atomic E-state index is -0.105. The fourth-order valence-corrected chi connectivity index (χ4v) is 1.44. The number of methoxy groups -OCH3 is 1. The highest BCUT2D eigenvalue weighted by atomic mass is 16.5. The van der Waals surface area contributed by atoms with Gasteiger partial charge in [0.05, 0.1) is 12.6 Å². The van der Waals surface area contributed by atoms with E-state index in [0.29, 0.717) is 6.61 Å². The van der Waals surface area contributed by atoms with Gasteiger partial charge in [-0.3, -0.25) is 0 Å². The van der Waals surface area contributed by atoms with Crippen molar-refractivity contribution in [3.63, 3.8) is 0 Å². The Labute approximate surface area is 82.1 Å². The second-order valence-corrected chi connectivity index (χ2v) is 3.25. The molecule has 2 aromatic heterocycles. The average molecular weight is 191 g/mol. The van der Waals surface area contributed by atoms with Crippen molar-refractivity contribution >= 4 is 11.0 Å². The van der Waals surface area contributed by atoms with Gasteiger partial charge < -0.3 is 15.5 Å². The molecule has 0 radical (unpaired) electrons. The smallest absolute Gasteiger partial charge is 0.137 e. The zero-order valence-electron chi connectivity index (χ0n) is 8.03. The van der Waals surface area contributed by atoms with E-state index < -0.39 is 0 Å². The molecule has 1 atom stereocenters. The number of hydrogen-bond donors (Lipinski definition) is 2. The lowest BCUT2D eigenvalue weighted by molar-refractivity contribution is 0.181. The maximum Gasteiger partial charge on any atom is 0.137 e. The summed E-state index contributed by atoms with van der Waals surface area (Å²) in [7, 11) is 1.64. The van der Waals surface area contributed by atoms with Crippen LogP contribution in [0.2, 0.25) is 0 Å². The Kier molecular flexibility index (Phi) is 2.47. The molecule has 2 aromatic rings. The number of aromatic nitrogens is 2. The van der Waals surface area contributed by atoms with Gasteiger partial charge in [-0.1, -0.05) is 0 Å². The fraction of sp³-hybridized carbons (Fsp3) is 0.300. The molecule has 0 saturated carbocycles. The molecule has 2 rings (SSSR count). The number of nitrogens with one attached hydrogen (secondary N) is 1. The van der Waals surface area contributed by atoms with Crippen molar-refractivity contribution in [2.24, 2.45) is 5.73 Å². The molecule has 2 heterocycles. The van der Waals surface area contributed by atoms with E-state index in [1.54, 1.807) is 13.3 Å². The van der Waals surface area contributed by atoms with Gasteiger partial charge in [-0.15, -0.1) is 0 Å². The topological polar surface area (TPSA) is 63.9 Å². The maximum atomic E-state index is 5.89. The molecule has 14 heavy (non-hydrogen) atoms. The number of pyridine rings is 1. The van der Waals surface area contributed by atoms with E-state index >= 15 is 0 Å². The van der Waals surface area contributed by atoms with E-state index in [9.17, 15) is 0 Å². The Morgan fingerprint density at radius 2 is 2.50 bits per heavy atom. The molecule has 0 aliphatic carbocycles. The molecule has 0 amide bonds. The first-order chi connectivity index (χ1) is 6.81. The van der Waals surface area contributed by atoms with Gasteiger partial charge in [0, 0.05) is 24.9 Å². The summed E-state index contributed by atoms with van der Waals surface area (Å²) in [5.41, 5.74) is 7.78. The molecule has 0 saturated heterocycles. The molecule has 0 fully saturated rings. The highest BCUT2D eigenvalue weighted by Gasteiger charge is 2.06. The van der Waals surface area contributed by atoms with Crippen LogP contribution >= 0.6 is 0 Å². The Morgan fingerprint density at radius 3 is 3.29 bits per heavy atom. The Morgan fingerprint density at radius 1 is 1.64 bits per heavy atom. The molecule has 0 aliphatic rings. The van der Waals surface area contributed by atoms with Crippen LogP contribution in [0, 0.1) is 0 Å². The van der Waals surface area contributed by atoms with Gasteiger partial charge in [-0.2, -0.15) is 0 Å². The molecule has 0 spiro atoms. The van der Waals surface area contributed by atoms with E-state index in [-0.39, 0.29) is 6.04 Å². The first-order valence-corrected chi connectivity index (χ1v) is 4.49. The normalized spacial score (nSPS) is 13.3. The van der Waals surface area contributed by atoms with Gasteiger partial charge in [0.15, 0.2) is 0 Å². The van der Waals surface area contributed by atoms with Crippen molar-refractivity contribution in [1.29, 1.82) is 0 Å². The number of ether oxygens (including phenoxy) is 1. The van der Waals surface area contributed by atoms with E-state index in [0.717, 1.165) is 16.6 Å². The summed E-state index contributed by atoms with van der Waals surface area (Å²) >= 11 is 0. The van der Waals surface area contributed by atoms with Crippen molar-refractivity contribution in [1.82, 2.24) is 9.97 Å². The lowest BCUT2D eigenvalue weighted by Crippen LogP contribution is -2.16. The van der Waals surface area contributed by atoms with Gasteiger partial charge in [0.25, 0.3) is 0 Å². The molecule has 4 nitrogen and oxygen atoms in total. The molecular formula is C10H13N3O. The second-order valence-electron chi connectivity index (χ2n) is 3.25. The Bertz CT molecular complexity index is 424. The maximum absolute atomic E-state index is 5.89. The Balaban J connectivity index is 2.33. The van der Waals surface area contributed by atoms with Crippen LogP contribution in [0.3, 0.4) is 0 Å². The number of aromatic amines is 1. The van der Waals surface area contributed by atoms with Crippen LogP contribution in [-0.2, 0) is 4.74 Å².